The molecule has 0 amide bonds. The molecule has 0 fully saturated rings. The van der Waals surface area contributed by atoms with Gasteiger partial charge in [0.1, 0.15) is 0 Å². The summed E-state index contributed by atoms with van der Waals surface area (Å²) in [6.45, 7) is 3.72. The summed E-state index contributed by atoms with van der Waals surface area (Å²) in [6.07, 6.45) is 2.50. The standard InChI is InChI=1S/3C3H8NO.Sb/c3*4-2-1-3-5;/h3*1-4H2;/q3*-1;+3. The van der Waals surface area contributed by atoms with E-state index in [0.29, 0.717) is 39.5 Å². The summed E-state index contributed by atoms with van der Waals surface area (Å²) in [5, 5.41) is 0. The minimum absolute atomic E-state index is 0.616. The normalized spacial score (nSPS) is 11.2. The van der Waals surface area contributed by atoms with Gasteiger partial charge in [0.2, 0.25) is 0 Å². The Labute approximate surface area is 106 Å². The quantitative estimate of drug-likeness (QED) is 0.312. The van der Waals surface area contributed by atoms with Crippen LogP contribution in [0.25, 0.3) is 0 Å². The van der Waals surface area contributed by atoms with E-state index in [1.54, 1.807) is 0 Å². The molecule has 98 valence electrons. The first-order valence-corrected chi connectivity index (χ1v) is 8.77. The molecule has 0 atom stereocenters. The van der Waals surface area contributed by atoms with E-state index >= 15 is 0 Å². The maximum absolute atomic E-state index is 5.55. The molecule has 0 bridgehead atoms. The Morgan fingerprint density at radius 2 is 0.938 bits per heavy atom. The van der Waals surface area contributed by atoms with Crippen molar-refractivity contribution in [1.82, 2.24) is 0 Å². The zero-order valence-corrected chi connectivity index (χ0v) is 12.3. The molecule has 0 saturated carbocycles. The van der Waals surface area contributed by atoms with Gasteiger partial charge in [0.15, 0.2) is 0 Å². The fourth-order valence-corrected chi connectivity index (χ4v) is 3.80. The van der Waals surface area contributed by atoms with Crippen molar-refractivity contribution in [3.63, 3.8) is 0 Å². The molecule has 7 heteroatoms. The molecular formula is C9H24N3O3Sb. The fraction of sp³-hybridized carbons (Fsp3) is 1.00. The topological polar surface area (TPSA) is 106 Å². The van der Waals surface area contributed by atoms with Crippen molar-refractivity contribution in [3.05, 3.63) is 0 Å². The van der Waals surface area contributed by atoms with E-state index in [-0.39, 0.29) is 0 Å². The monoisotopic (exact) mass is 343 g/mol. The van der Waals surface area contributed by atoms with E-state index < -0.39 is 21.5 Å². The summed E-state index contributed by atoms with van der Waals surface area (Å²) in [7, 11) is 0. The number of rotatable bonds is 12. The van der Waals surface area contributed by atoms with Crippen LogP contribution in [0.1, 0.15) is 19.3 Å². The van der Waals surface area contributed by atoms with Gasteiger partial charge in [0.05, 0.1) is 0 Å². The summed E-state index contributed by atoms with van der Waals surface area (Å²) in [6, 6.07) is 0. The van der Waals surface area contributed by atoms with Crippen molar-refractivity contribution < 1.29 is 9.05 Å². The fourth-order valence-electron chi connectivity index (χ4n) is 0.779. The first-order chi connectivity index (χ1) is 7.85. The van der Waals surface area contributed by atoms with E-state index in [1.807, 2.05) is 0 Å². The summed E-state index contributed by atoms with van der Waals surface area (Å²) in [4.78, 5) is 0. The Hall–Kier alpha value is 0.578. The average Bonchev–Trinajstić information content (AvgIpc) is 2.29. The zero-order chi connectivity index (χ0) is 12.1. The number of nitrogens with two attached hydrogens (primary N) is 3. The van der Waals surface area contributed by atoms with E-state index in [2.05, 4.69) is 0 Å². The molecule has 0 saturated heterocycles. The van der Waals surface area contributed by atoms with Gasteiger partial charge >= 0.3 is 106 Å². The molecule has 0 aromatic rings. The van der Waals surface area contributed by atoms with Crippen molar-refractivity contribution in [2.24, 2.45) is 17.2 Å². The summed E-state index contributed by atoms with van der Waals surface area (Å²) >= 11 is -2.44. The molecule has 0 aliphatic heterocycles. The van der Waals surface area contributed by atoms with Gasteiger partial charge in [-0.15, -0.1) is 0 Å². The van der Waals surface area contributed by atoms with E-state index in [4.69, 9.17) is 26.2 Å². The van der Waals surface area contributed by atoms with Crippen LogP contribution in [0.5, 0.6) is 0 Å². The van der Waals surface area contributed by atoms with Gasteiger partial charge < -0.3 is 0 Å². The summed E-state index contributed by atoms with van der Waals surface area (Å²) < 4.78 is 16.7. The van der Waals surface area contributed by atoms with Crippen LogP contribution in [0.15, 0.2) is 0 Å². The van der Waals surface area contributed by atoms with E-state index in [1.165, 1.54) is 0 Å². The van der Waals surface area contributed by atoms with Crippen molar-refractivity contribution in [3.8, 4) is 0 Å². The van der Waals surface area contributed by atoms with Crippen LogP contribution in [0.4, 0.5) is 0 Å². The Bertz CT molecular complexity index is 119. The summed E-state index contributed by atoms with van der Waals surface area (Å²) in [5.74, 6) is 0. The van der Waals surface area contributed by atoms with Crippen LogP contribution in [0.2, 0.25) is 0 Å². The van der Waals surface area contributed by atoms with Crippen molar-refractivity contribution in [2.75, 3.05) is 39.5 Å². The van der Waals surface area contributed by atoms with Crippen LogP contribution in [0.3, 0.4) is 0 Å². The molecule has 0 unspecified atom stereocenters. The molecule has 0 aliphatic carbocycles. The first-order valence-electron chi connectivity index (χ1n) is 5.64. The Morgan fingerprint density at radius 3 is 1.19 bits per heavy atom. The third-order valence-corrected chi connectivity index (χ3v) is 5.00. The third kappa shape index (κ3) is 11.1. The van der Waals surface area contributed by atoms with Gasteiger partial charge in [-0.25, -0.2) is 0 Å². The van der Waals surface area contributed by atoms with Gasteiger partial charge in [0, 0.05) is 0 Å². The van der Waals surface area contributed by atoms with Crippen LogP contribution in [-0.2, 0) is 9.05 Å². The molecule has 6 nitrogen and oxygen atoms in total. The predicted octanol–water partition coefficient (Wildman–Crippen LogP) is -0.932. The molecule has 0 aromatic heterocycles. The van der Waals surface area contributed by atoms with Crippen LogP contribution >= 0.6 is 0 Å². The molecule has 6 N–H and O–H groups in total. The van der Waals surface area contributed by atoms with Crippen molar-refractivity contribution >= 4 is 21.5 Å². The molecule has 0 aliphatic rings. The van der Waals surface area contributed by atoms with Gasteiger partial charge in [-0.1, -0.05) is 0 Å². The average molecular weight is 344 g/mol. The molecule has 0 aromatic carbocycles. The molecule has 0 radical (unpaired) electrons. The molecule has 0 spiro atoms. The number of hydrogen-bond donors (Lipinski definition) is 3. The van der Waals surface area contributed by atoms with Crippen molar-refractivity contribution in [1.29, 1.82) is 0 Å². The SMILES string of the molecule is NCCC[O][Sb]([O]CCCN)[O]CCCN. The second kappa shape index (κ2) is 13.6. The molecular weight excluding hydrogens is 320 g/mol. The first kappa shape index (κ1) is 16.6. The van der Waals surface area contributed by atoms with Crippen LogP contribution in [-0.4, -0.2) is 60.9 Å². The molecule has 0 rings (SSSR count). The van der Waals surface area contributed by atoms with Gasteiger partial charge in [-0.05, 0) is 0 Å². The Balaban J connectivity index is 3.58. The van der Waals surface area contributed by atoms with E-state index in [9.17, 15) is 0 Å². The van der Waals surface area contributed by atoms with Crippen LogP contribution in [0, 0.1) is 0 Å². The molecule has 0 heterocycles. The van der Waals surface area contributed by atoms with E-state index in [0.717, 1.165) is 19.3 Å². The second-order valence-corrected chi connectivity index (χ2v) is 6.64. The van der Waals surface area contributed by atoms with Gasteiger partial charge in [-0.3, -0.25) is 0 Å². The van der Waals surface area contributed by atoms with Crippen LogP contribution < -0.4 is 17.2 Å². The molecule has 16 heavy (non-hydrogen) atoms. The Kier molecular flexibility index (Phi) is 14.1. The minimum atomic E-state index is -2.44. The number of hydrogen-bond acceptors (Lipinski definition) is 6. The maximum atomic E-state index is 5.55. The van der Waals surface area contributed by atoms with Gasteiger partial charge in [0.25, 0.3) is 0 Å². The zero-order valence-electron chi connectivity index (χ0n) is 9.77. The van der Waals surface area contributed by atoms with Crippen molar-refractivity contribution in [2.45, 2.75) is 19.3 Å². The second-order valence-electron chi connectivity index (χ2n) is 3.15. The van der Waals surface area contributed by atoms with Gasteiger partial charge in [-0.2, -0.15) is 0 Å². The predicted molar refractivity (Wildman–Crippen MR) is 64.6 cm³/mol. The third-order valence-electron chi connectivity index (χ3n) is 1.64. The summed E-state index contributed by atoms with van der Waals surface area (Å²) in [5.41, 5.74) is 16.2. The Morgan fingerprint density at radius 1 is 0.625 bits per heavy atom.